The molecule has 4 nitrogen and oxygen atoms in total. The summed E-state index contributed by atoms with van der Waals surface area (Å²) in [7, 11) is 5.86. The summed E-state index contributed by atoms with van der Waals surface area (Å²) in [4.78, 5) is 2.15. The molecule has 0 radical (unpaired) electrons. The zero-order valence-electron chi connectivity index (χ0n) is 8.80. The van der Waals surface area contributed by atoms with Crippen molar-refractivity contribution in [3.63, 3.8) is 0 Å². The zero-order valence-corrected chi connectivity index (χ0v) is 8.80. The molecule has 1 heterocycles. The number of nitrogens with one attached hydrogen (secondary N) is 1. The molecule has 1 aliphatic heterocycles. The van der Waals surface area contributed by atoms with Crippen molar-refractivity contribution in [3.05, 3.63) is 0 Å². The van der Waals surface area contributed by atoms with E-state index in [9.17, 15) is 0 Å². The Balaban J connectivity index is 2.50. The summed E-state index contributed by atoms with van der Waals surface area (Å²) in [5, 5.41) is 3.47. The van der Waals surface area contributed by atoms with Gasteiger partial charge in [0, 0.05) is 20.2 Å². The Kier molecular flexibility index (Phi) is 4.12. The van der Waals surface area contributed by atoms with Gasteiger partial charge in [-0.25, -0.2) is 0 Å². The minimum absolute atomic E-state index is 0.0174. The van der Waals surface area contributed by atoms with Crippen LogP contribution >= 0.6 is 0 Å². The van der Waals surface area contributed by atoms with Crippen LogP contribution in [-0.2, 0) is 9.47 Å². The van der Waals surface area contributed by atoms with Crippen molar-refractivity contribution in [3.8, 4) is 0 Å². The molecule has 1 N–H and O–H groups in total. The van der Waals surface area contributed by atoms with Gasteiger partial charge in [-0.2, -0.15) is 0 Å². The van der Waals surface area contributed by atoms with Crippen LogP contribution in [0, 0.1) is 0 Å². The average molecular weight is 188 g/mol. The fourth-order valence-corrected chi connectivity index (χ4v) is 1.83. The Hall–Kier alpha value is -0.160. The maximum absolute atomic E-state index is 5.47. The van der Waals surface area contributed by atoms with Gasteiger partial charge in [0.1, 0.15) is 0 Å². The molecule has 0 aromatic rings. The van der Waals surface area contributed by atoms with Gasteiger partial charge in [0.2, 0.25) is 0 Å². The van der Waals surface area contributed by atoms with E-state index in [1.807, 2.05) is 0 Å². The molecule has 0 aromatic heterocycles. The molecule has 0 amide bonds. The molecule has 1 rings (SSSR count). The van der Waals surface area contributed by atoms with E-state index in [-0.39, 0.29) is 5.54 Å². The number of hydrogen-bond donors (Lipinski definition) is 1. The largest absolute Gasteiger partial charge is 0.383 e. The van der Waals surface area contributed by atoms with Gasteiger partial charge in [0.05, 0.1) is 25.4 Å². The first-order valence-electron chi connectivity index (χ1n) is 4.65. The van der Waals surface area contributed by atoms with Crippen LogP contribution in [0.5, 0.6) is 0 Å². The Bertz CT molecular complexity index is 139. The molecule has 13 heavy (non-hydrogen) atoms. The molecule has 78 valence electrons. The molecule has 1 saturated heterocycles. The van der Waals surface area contributed by atoms with Gasteiger partial charge in [0.15, 0.2) is 0 Å². The minimum Gasteiger partial charge on any atom is -0.383 e. The van der Waals surface area contributed by atoms with E-state index in [1.54, 1.807) is 7.11 Å². The molecule has 1 fully saturated rings. The Morgan fingerprint density at radius 3 is 2.77 bits per heavy atom. The first kappa shape index (κ1) is 10.9. The van der Waals surface area contributed by atoms with Crippen molar-refractivity contribution in [2.45, 2.75) is 5.54 Å². The van der Waals surface area contributed by atoms with Crippen LogP contribution in [0.2, 0.25) is 0 Å². The number of likely N-dealkylation sites (N-methyl/N-ethyl adjacent to an activating group) is 1. The van der Waals surface area contributed by atoms with Gasteiger partial charge in [-0.05, 0) is 14.1 Å². The molecule has 0 bridgehead atoms. The van der Waals surface area contributed by atoms with Crippen LogP contribution in [0.3, 0.4) is 0 Å². The monoisotopic (exact) mass is 188 g/mol. The normalized spacial score (nSPS) is 29.5. The fourth-order valence-electron chi connectivity index (χ4n) is 1.83. The van der Waals surface area contributed by atoms with Crippen LogP contribution in [0.4, 0.5) is 0 Å². The highest BCUT2D eigenvalue weighted by molar-refractivity contribution is 4.92. The first-order valence-corrected chi connectivity index (χ1v) is 4.65. The highest BCUT2D eigenvalue weighted by atomic mass is 16.5. The van der Waals surface area contributed by atoms with E-state index in [0.717, 1.165) is 26.3 Å². The van der Waals surface area contributed by atoms with Gasteiger partial charge in [-0.15, -0.1) is 0 Å². The number of hydrogen-bond acceptors (Lipinski definition) is 4. The second-order valence-corrected chi connectivity index (χ2v) is 3.93. The maximum Gasteiger partial charge on any atom is 0.0782 e. The van der Waals surface area contributed by atoms with Crippen molar-refractivity contribution in [1.29, 1.82) is 0 Å². The summed E-state index contributed by atoms with van der Waals surface area (Å²) in [5.74, 6) is 0. The molecular weight excluding hydrogens is 168 g/mol. The highest BCUT2D eigenvalue weighted by Gasteiger charge is 2.32. The number of nitrogens with zero attached hydrogens (tertiary/aromatic N) is 1. The van der Waals surface area contributed by atoms with E-state index in [0.29, 0.717) is 6.61 Å². The van der Waals surface area contributed by atoms with Crippen LogP contribution in [0.1, 0.15) is 0 Å². The van der Waals surface area contributed by atoms with Gasteiger partial charge < -0.3 is 19.7 Å². The molecule has 1 atom stereocenters. The van der Waals surface area contributed by atoms with Gasteiger partial charge in [-0.3, -0.25) is 0 Å². The third-order valence-electron chi connectivity index (χ3n) is 2.16. The lowest BCUT2D eigenvalue weighted by Gasteiger charge is -2.39. The second kappa shape index (κ2) is 4.91. The topological polar surface area (TPSA) is 33.7 Å². The molecule has 0 unspecified atom stereocenters. The summed E-state index contributed by atoms with van der Waals surface area (Å²) < 4.78 is 10.7. The van der Waals surface area contributed by atoms with Crippen LogP contribution < -0.4 is 5.32 Å². The van der Waals surface area contributed by atoms with Crippen molar-refractivity contribution < 1.29 is 9.47 Å². The fraction of sp³-hybridized carbons (Fsp3) is 1.00. The van der Waals surface area contributed by atoms with Gasteiger partial charge >= 0.3 is 0 Å². The molecule has 0 spiro atoms. The van der Waals surface area contributed by atoms with Crippen LogP contribution in [-0.4, -0.2) is 64.6 Å². The quantitative estimate of drug-likeness (QED) is 0.648. The van der Waals surface area contributed by atoms with Gasteiger partial charge in [-0.1, -0.05) is 0 Å². The Morgan fingerprint density at radius 2 is 2.31 bits per heavy atom. The van der Waals surface area contributed by atoms with E-state index < -0.39 is 0 Å². The third kappa shape index (κ3) is 3.23. The van der Waals surface area contributed by atoms with E-state index in [2.05, 4.69) is 24.3 Å². The summed E-state index contributed by atoms with van der Waals surface area (Å²) in [6.07, 6.45) is 0. The molecule has 0 aliphatic carbocycles. The first-order chi connectivity index (χ1) is 6.18. The van der Waals surface area contributed by atoms with E-state index in [4.69, 9.17) is 9.47 Å². The maximum atomic E-state index is 5.47. The van der Waals surface area contributed by atoms with Crippen LogP contribution in [0.15, 0.2) is 0 Å². The summed E-state index contributed by atoms with van der Waals surface area (Å²) >= 11 is 0. The van der Waals surface area contributed by atoms with Gasteiger partial charge in [0.25, 0.3) is 0 Å². The van der Waals surface area contributed by atoms with Crippen molar-refractivity contribution >= 4 is 0 Å². The Morgan fingerprint density at radius 1 is 1.54 bits per heavy atom. The molecule has 1 aliphatic rings. The highest BCUT2D eigenvalue weighted by Crippen LogP contribution is 2.11. The van der Waals surface area contributed by atoms with Crippen molar-refractivity contribution in [2.24, 2.45) is 0 Å². The minimum atomic E-state index is -0.0174. The number of methoxy groups -OCH3 is 1. The SMILES string of the molecule is COC[C@]1(CN(C)C)COCCN1. The summed E-state index contributed by atoms with van der Waals surface area (Å²) in [6, 6.07) is 0. The molecule has 4 heteroatoms. The smallest absolute Gasteiger partial charge is 0.0782 e. The van der Waals surface area contributed by atoms with Crippen molar-refractivity contribution in [1.82, 2.24) is 10.2 Å². The Labute approximate surface area is 80.2 Å². The van der Waals surface area contributed by atoms with E-state index in [1.165, 1.54) is 0 Å². The lowest BCUT2D eigenvalue weighted by Crippen LogP contribution is -2.62. The summed E-state index contributed by atoms with van der Waals surface area (Å²) in [6.45, 7) is 4.10. The number of morpholine rings is 1. The zero-order chi connectivity index (χ0) is 9.73. The predicted molar refractivity (Wildman–Crippen MR) is 52.0 cm³/mol. The molecule has 0 aromatic carbocycles. The van der Waals surface area contributed by atoms with Crippen LogP contribution in [0.25, 0.3) is 0 Å². The number of rotatable bonds is 4. The summed E-state index contributed by atoms with van der Waals surface area (Å²) in [5.41, 5.74) is -0.0174. The lowest BCUT2D eigenvalue weighted by atomic mass is 10.0. The van der Waals surface area contributed by atoms with E-state index >= 15 is 0 Å². The second-order valence-electron chi connectivity index (χ2n) is 3.93. The number of ether oxygens (including phenoxy) is 2. The third-order valence-corrected chi connectivity index (χ3v) is 2.16. The standard InChI is InChI=1S/C9H20N2O2/c1-11(2)6-9(7-12-3)8-13-5-4-10-9/h10H,4-8H2,1-3H3/t9-/m1/s1. The lowest BCUT2D eigenvalue weighted by molar-refractivity contribution is -0.0223. The van der Waals surface area contributed by atoms with Crippen molar-refractivity contribution in [2.75, 3.05) is 54.1 Å². The predicted octanol–water partition coefficient (Wildman–Crippen LogP) is -0.447. The molecule has 0 saturated carbocycles. The average Bonchev–Trinajstić information content (AvgIpc) is 2.04. The molecular formula is C9H20N2O2.